The van der Waals surface area contributed by atoms with Gasteiger partial charge in [0.1, 0.15) is 0 Å². The summed E-state index contributed by atoms with van der Waals surface area (Å²) in [5.41, 5.74) is 2.99. The number of nitrogens with one attached hydrogen (secondary N) is 1. The molecule has 2 aliphatic rings. The molecule has 2 nitrogen and oxygen atoms in total. The van der Waals surface area contributed by atoms with Gasteiger partial charge >= 0.3 is 0 Å². The fourth-order valence-electron chi connectivity index (χ4n) is 4.07. The van der Waals surface area contributed by atoms with E-state index in [1.807, 2.05) is 6.07 Å². The minimum absolute atomic E-state index is 0.333. The van der Waals surface area contributed by atoms with Crippen LogP contribution in [-0.4, -0.2) is 24.7 Å². The monoisotopic (exact) mass is 306 g/mol. The minimum Gasteiger partial charge on any atom is -0.365 e. The van der Waals surface area contributed by atoms with Crippen molar-refractivity contribution in [3.05, 3.63) is 28.8 Å². The van der Waals surface area contributed by atoms with Gasteiger partial charge in [-0.3, -0.25) is 0 Å². The van der Waals surface area contributed by atoms with E-state index in [2.05, 4.69) is 43.1 Å². The molecule has 1 spiro atoms. The van der Waals surface area contributed by atoms with E-state index < -0.39 is 0 Å². The lowest BCUT2D eigenvalue weighted by Gasteiger charge is -2.49. The average Bonchev–Trinajstić information content (AvgIpc) is 2.89. The van der Waals surface area contributed by atoms with Gasteiger partial charge in [-0.2, -0.15) is 0 Å². The summed E-state index contributed by atoms with van der Waals surface area (Å²) >= 11 is 6.27. The quantitative estimate of drug-likeness (QED) is 0.871. The van der Waals surface area contributed by atoms with Crippen LogP contribution in [0.15, 0.2) is 18.2 Å². The summed E-state index contributed by atoms with van der Waals surface area (Å²) in [5, 5.41) is 4.73. The van der Waals surface area contributed by atoms with Gasteiger partial charge in [-0.1, -0.05) is 44.4 Å². The summed E-state index contributed by atoms with van der Waals surface area (Å²) in [6, 6.07) is 6.85. The van der Waals surface area contributed by atoms with E-state index in [1.165, 1.54) is 36.9 Å². The van der Waals surface area contributed by atoms with Crippen LogP contribution in [0.25, 0.3) is 0 Å². The Bertz CT molecular complexity index is 506. The molecule has 1 aliphatic carbocycles. The van der Waals surface area contributed by atoms with Crippen LogP contribution in [-0.2, 0) is 0 Å². The molecule has 0 aromatic heterocycles. The first kappa shape index (κ1) is 15.2. The van der Waals surface area contributed by atoms with E-state index in [-0.39, 0.29) is 0 Å². The molecule has 3 heteroatoms. The maximum absolute atomic E-state index is 6.27. The molecule has 116 valence electrons. The largest absolute Gasteiger partial charge is 0.365 e. The second kappa shape index (κ2) is 5.81. The molecular formula is C18H27ClN2. The topological polar surface area (TPSA) is 15.3 Å². The van der Waals surface area contributed by atoms with Crippen molar-refractivity contribution in [2.75, 3.05) is 18.0 Å². The van der Waals surface area contributed by atoms with Gasteiger partial charge in [0.05, 0.1) is 0 Å². The molecule has 1 aliphatic heterocycles. The highest BCUT2D eigenvalue weighted by Gasteiger charge is 2.42. The molecule has 21 heavy (non-hydrogen) atoms. The van der Waals surface area contributed by atoms with Crippen LogP contribution in [0.5, 0.6) is 0 Å². The number of nitrogens with zero attached hydrogens (tertiary/aromatic N) is 1. The third kappa shape index (κ3) is 2.93. The molecule has 0 amide bonds. The molecule has 2 fully saturated rings. The van der Waals surface area contributed by atoms with Crippen LogP contribution in [0.4, 0.5) is 5.69 Å². The zero-order chi connectivity index (χ0) is 15.0. The molecule has 1 saturated carbocycles. The third-order valence-corrected chi connectivity index (χ3v) is 5.61. The van der Waals surface area contributed by atoms with Gasteiger partial charge in [0.2, 0.25) is 0 Å². The highest BCUT2D eigenvalue weighted by molar-refractivity contribution is 6.30. The second-order valence-electron chi connectivity index (χ2n) is 7.24. The Balaban J connectivity index is 1.95. The fourth-order valence-corrected chi connectivity index (χ4v) is 4.23. The molecule has 1 atom stereocenters. The van der Waals surface area contributed by atoms with Crippen molar-refractivity contribution in [1.82, 2.24) is 5.32 Å². The van der Waals surface area contributed by atoms with Crippen LogP contribution in [0.3, 0.4) is 0 Å². The summed E-state index contributed by atoms with van der Waals surface area (Å²) in [5.74, 6) is 0.634. The van der Waals surface area contributed by atoms with Crippen LogP contribution in [0, 0.1) is 12.8 Å². The average molecular weight is 307 g/mol. The predicted octanol–water partition coefficient (Wildman–Crippen LogP) is 4.40. The summed E-state index contributed by atoms with van der Waals surface area (Å²) in [6.07, 6.45) is 5.35. The lowest BCUT2D eigenvalue weighted by atomic mass is 9.88. The molecule has 1 heterocycles. The molecule has 1 saturated heterocycles. The highest BCUT2D eigenvalue weighted by atomic mass is 35.5. The van der Waals surface area contributed by atoms with Crippen molar-refractivity contribution in [2.24, 2.45) is 5.92 Å². The predicted molar refractivity (Wildman–Crippen MR) is 91.4 cm³/mol. The zero-order valence-electron chi connectivity index (χ0n) is 13.5. The molecule has 0 bridgehead atoms. The Kier molecular flexibility index (Phi) is 4.20. The summed E-state index contributed by atoms with van der Waals surface area (Å²) in [7, 11) is 0. The zero-order valence-corrected chi connectivity index (χ0v) is 14.2. The van der Waals surface area contributed by atoms with E-state index in [4.69, 9.17) is 11.6 Å². The molecule has 1 aromatic rings. The number of halogens is 1. The Morgan fingerprint density at radius 3 is 2.67 bits per heavy atom. The number of piperazine rings is 1. The van der Waals surface area contributed by atoms with E-state index in [0.29, 0.717) is 17.5 Å². The first-order valence-electron chi connectivity index (χ1n) is 8.29. The Hall–Kier alpha value is -0.730. The number of rotatable bonds is 2. The van der Waals surface area contributed by atoms with Crippen LogP contribution in [0.2, 0.25) is 5.02 Å². The Labute approximate surface area is 133 Å². The lowest BCUT2D eigenvalue weighted by Crippen LogP contribution is -2.64. The number of aryl methyl sites for hydroxylation is 1. The maximum atomic E-state index is 6.27. The molecule has 0 radical (unpaired) electrons. The first-order chi connectivity index (χ1) is 10.0. The molecule has 1 unspecified atom stereocenters. The van der Waals surface area contributed by atoms with Gasteiger partial charge in [-0.15, -0.1) is 0 Å². The normalized spacial score (nSPS) is 25.0. The van der Waals surface area contributed by atoms with E-state index in [1.54, 1.807) is 0 Å². The van der Waals surface area contributed by atoms with Crippen molar-refractivity contribution in [3.63, 3.8) is 0 Å². The van der Waals surface area contributed by atoms with Gasteiger partial charge in [0.15, 0.2) is 0 Å². The standard InChI is InChI=1S/C18H27ClN2/c1-13(2)17-11-20-18(8-4-5-9-18)12-21(17)16-10-15(19)7-6-14(16)3/h6-7,10,13,17,20H,4-5,8-9,11-12H2,1-3H3. The molecule has 1 aromatic carbocycles. The van der Waals surface area contributed by atoms with Gasteiger partial charge in [0.25, 0.3) is 0 Å². The number of benzene rings is 1. The number of anilines is 1. The maximum Gasteiger partial charge on any atom is 0.0438 e. The highest BCUT2D eigenvalue weighted by Crippen LogP contribution is 2.37. The smallest absolute Gasteiger partial charge is 0.0438 e. The SMILES string of the molecule is Cc1ccc(Cl)cc1N1CC2(CCCC2)NCC1C(C)C. The van der Waals surface area contributed by atoms with Gasteiger partial charge in [-0.25, -0.2) is 0 Å². The fraction of sp³-hybridized carbons (Fsp3) is 0.667. The Morgan fingerprint density at radius 1 is 1.29 bits per heavy atom. The minimum atomic E-state index is 0.333. The van der Waals surface area contributed by atoms with E-state index >= 15 is 0 Å². The van der Waals surface area contributed by atoms with Crippen molar-refractivity contribution >= 4 is 17.3 Å². The second-order valence-corrected chi connectivity index (χ2v) is 7.67. The van der Waals surface area contributed by atoms with Crippen LogP contribution >= 0.6 is 11.6 Å². The summed E-state index contributed by atoms with van der Waals surface area (Å²) < 4.78 is 0. The van der Waals surface area contributed by atoms with Crippen LogP contribution < -0.4 is 10.2 Å². The lowest BCUT2D eigenvalue weighted by molar-refractivity contribution is 0.245. The van der Waals surface area contributed by atoms with Crippen molar-refractivity contribution in [1.29, 1.82) is 0 Å². The first-order valence-corrected chi connectivity index (χ1v) is 8.66. The molecular weight excluding hydrogens is 280 g/mol. The van der Waals surface area contributed by atoms with Gasteiger partial charge in [0, 0.05) is 35.4 Å². The van der Waals surface area contributed by atoms with E-state index in [0.717, 1.165) is 18.1 Å². The third-order valence-electron chi connectivity index (χ3n) is 5.37. The Morgan fingerprint density at radius 2 is 2.00 bits per heavy atom. The summed E-state index contributed by atoms with van der Waals surface area (Å²) in [4.78, 5) is 2.63. The number of hydrogen-bond acceptors (Lipinski definition) is 2. The van der Waals surface area contributed by atoms with Gasteiger partial charge in [-0.05, 0) is 43.4 Å². The summed E-state index contributed by atoms with van der Waals surface area (Å²) in [6.45, 7) is 9.06. The van der Waals surface area contributed by atoms with Crippen LogP contribution in [0.1, 0.15) is 45.1 Å². The molecule has 1 N–H and O–H groups in total. The van der Waals surface area contributed by atoms with Crippen molar-refractivity contribution < 1.29 is 0 Å². The molecule has 3 rings (SSSR count). The number of hydrogen-bond donors (Lipinski definition) is 1. The van der Waals surface area contributed by atoms with Gasteiger partial charge < -0.3 is 10.2 Å². The van der Waals surface area contributed by atoms with Crippen molar-refractivity contribution in [2.45, 2.75) is 58.0 Å². The van der Waals surface area contributed by atoms with Crippen molar-refractivity contribution in [3.8, 4) is 0 Å². The van der Waals surface area contributed by atoms with E-state index in [9.17, 15) is 0 Å².